The largest absolute Gasteiger partial charge is 0.508 e. The Morgan fingerprint density at radius 1 is 0.864 bits per heavy atom. The van der Waals surface area contributed by atoms with Crippen molar-refractivity contribution in [3.8, 4) is 28.1 Å². The molecule has 1 saturated heterocycles. The Balaban J connectivity index is 0.802. The average molecular weight is 1180 g/mol. The summed E-state index contributed by atoms with van der Waals surface area (Å²) < 4.78 is 99.9. The van der Waals surface area contributed by atoms with E-state index in [0.717, 1.165) is 33.4 Å². The molecule has 7 rings (SSSR count). The lowest BCUT2D eigenvalue weighted by Crippen LogP contribution is -2.48. The number of nitrogens with zero attached hydrogens (tertiary/aromatic N) is 6. The molecule has 2 aromatic carbocycles. The number of aromatic nitrogens is 4. The molecule has 29 heteroatoms. The lowest BCUT2D eigenvalue weighted by molar-refractivity contribution is -0.141. The molecule has 0 aliphatic carbocycles. The molecular formula is C52H50F4N10O12S3. The van der Waals surface area contributed by atoms with Gasteiger partial charge in [-0.15, -0.1) is 0 Å². The molecule has 6 aromatic rings. The molecule has 4 amide bonds. The number of carboxylic acid groups (broad SMARTS) is 1. The number of ether oxygens (including phenoxy) is 3. The molecule has 0 spiro atoms. The van der Waals surface area contributed by atoms with Gasteiger partial charge in [0, 0.05) is 77.3 Å². The second kappa shape index (κ2) is 27.1. The van der Waals surface area contributed by atoms with Crippen LogP contribution in [0.4, 0.5) is 28.0 Å². The van der Waals surface area contributed by atoms with E-state index >= 15 is 0 Å². The molecule has 5 heterocycles. The number of carbonyl (C=O) groups excluding carboxylic acids is 5. The maximum atomic E-state index is 14.5. The number of amides is 4. The molecule has 1 unspecified atom stereocenters. The molecule has 1 aliphatic rings. The van der Waals surface area contributed by atoms with E-state index in [1.54, 1.807) is 42.7 Å². The van der Waals surface area contributed by atoms with Crippen molar-refractivity contribution in [2.24, 2.45) is 4.99 Å². The fraction of sp³-hybridized carbons (Fsp3) is 0.288. The predicted octanol–water partition coefficient (Wildman–Crippen LogP) is 6.55. The van der Waals surface area contributed by atoms with Crippen LogP contribution in [0.15, 0.2) is 107 Å². The van der Waals surface area contributed by atoms with E-state index in [1.165, 1.54) is 55.4 Å². The van der Waals surface area contributed by atoms with E-state index in [0.29, 0.717) is 39.4 Å². The molecule has 0 bridgehead atoms. The van der Waals surface area contributed by atoms with Crippen molar-refractivity contribution in [2.45, 2.75) is 68.4 Å². The molecule has 1 aliphatic heterocycles. The number of benzene rings is 2. The number of carboxylic acids is 1. The molecule has 426 valence electrons. The van der Waals surface area contributed by atoms with Gasteiger partial charge in [0.15, 0.2) is 0 Å². The van der Waals surface area contributed by atoms with Crippen LogP contribution in [-0.4, -0.2) is 137 Å². The summed E-state index contributed by atoms with van der Waals surface area (Å²) in [6, 6.07) is 14.3. The second-order valence-electron chi connectivity index (χ2n) is 17.7. The van der Waals surface area contributed by atoms with Crippen molar-refractivity contribution in [1.82, 2.24) is 40.8 Å². The molecular weight excluding hydrogens is 1130 g/mol. The first kappa shape index (κ1) is 60.2. The summed E-state index contributed by atoms with van der Waals surface area (Å²) in [6.07, 6.45) is 2.52. The van der Waals surface area contributed by atoms with Gasteiger partial charge in [0.25, 0.3) is 21.9 Å². The zero-order valence-electron chi connectivity index (χ0n) is 42.9. The van der Waals surface area contributed by atoms with Crippen LogP contribution in [0.3, 0.4) is 0 Å². The lowest BCUT2D eigenvalue weighted by atomic mass is 9.98. The van der Waals surface area contributed by atoms with Gasteiger partial charge in [-0.25, -0.2) is 40.6 Å². The molecule has 81 heavy (non-hydrogen) atoms. The van der Waals surface area contributed by atoms with Crippen molar-refractivity contribution >= 4 is 90.7 Å². The smallest absolute Gasteiger partial charge is 0.480 e. The van der Waals surface area contributed by atoms with Gasteiger partial charge >= 0.3 is 12.1 Å². The number of aliphatic imine (C=N–C) groups is 1. The Bertz CT molecular complexity index is 3460. The van der Waals surface area contributed by atoms with Gasteiger partial charge in [-0.05, 0) is 79.4 Å². The van der Waals surface area contributed by atoms with E-state index in [9.17, 15) is 59.9 Å². The van der Waals surface area contributed by atoms with Crippen LogP contribution in [0.25, 0.3) is 33.2 Å². The van der Waals surface area contributed by atoms with Crippen molar-refractivity contribution in [2.75, 3.05) is 36.5 Å². The number of fused-ring (bicyclic) bond motifs is 1. The summed E-state index contributed by atoms with van der Waals surface area (Å²) in [5.41, 5.74) is 3.72. The first-order valence-electron chi connectivity index (χ1n) is 24.2. The number of halogens is 4. The number of methoxy groups -OCH3 is 1. The Morgan fingerprint density at radius 2 is 1.62 bits per heavy atom. The second-order valence-corrected chi connectivity index (χ2v) is 22.0. The van der Waals surface area contributed by atoms with Crippen LogP contribution in [-0.2, 0) is 51.8 Å². The van der Waals surface area contributed by atoms with Crippen LogP contribution in [0, 0.1) is 11.6 Å². The Morgan fingerprint density at radius 3 is 2.35 bits per heavy atom. The quantitative estimate of drug-likeness (QED) is 0.0133. The van der Waals surface area contributed by atoms with E-state index in [-0.39, 0.29) is 66.9 Å². The van der Waals surface area contributed by atoms with E-state index in [4.69, 9.17) is 14.2 Å². The summed E-state index contributed by atoms with van der Waals surface area (Å²) >= 11 is 0. The Hall–Kier alpha value is -8.44. The van der Waals surface area contributed by atoms with Crippen molar-refractivity contribution in [1.29, 1.82) is 0 Å². The minimum Gasteiger partial charge on any atom is -0.480 e. The number of anilines is 1. The number of alkyl halides is 2. The monoisotopic (exact) mass is 1180 g/mol. The molecule has 3 atom stereocenters. The summed E-state index contributed by atoms with van der Waals surface area (Å²) in [4.78, 5) is 96.0. The zero-order chi connectivity index (χ0) is 58.4. The highest BCUT2D eigenvalue weighted by molar-refractivity contribution is 8.76. The molecule has 4 aromatic heterocycles. The van der Waals surface area contributed by atoms with Crippen molar-refractivity contribution in [3.05, 3.63) is 126 Å². The van der Waals surface area contributed by atoms with Gasteiger partial charge < -0.3 is 40.2 Å². The SMILES string of the molecule is C=N[C@@H]1CC(F)(F)CN1C(=O)[C@H](C)NC(=O)c1ccnc(CNC(=O)CCC(=O)NC(CSSCCOC(=O)OCc2ccc(-c3ccnc4ccc(-c5cnc(OC)c(NS(=O)(=O)c6ccc(F)cc6F)c5)cc34)cn2)C(=O)O)c1. The first-order valence-corrected chi connectivity index (χ1v) is 28.2. The first-order chi connectivity index (χ1) is 38.6. The molecule has 0 radical (unpaired) electrons. The standard InChI is InChI=1S/C52H50F4N10O12S3/c1-29(49(70)66-28-52(55,56)22-44(66)57-2)63-47(69)31-12-14-58-36(18-31)25-61-45(67)10-11-46(68)64-42(50(71)72)27-80-79-17-16-77-51(73)78-26-35-7-4-32(23-60-35)37-13-15-59-40-8-5-30(19-38(37)40)33-20-41(48(76-3)62-24-33)65-81(74,75)43-9-6-34(53)21-39(43)54/h4-9,12-15,18-21,23-24,29,42,44,65H,2,10-11,16-17,22,25-28H2,1,3H3,(H,61,67)(H,63,69)(H,64,68)(H,71,72)/t29-,42?,44-/m0/s1. The Labute approximate surface area is 467 Å². The number of sulfonamides is 1. The van der Waals surface area contributed by atoms with Crippen LogP contribution in [0.2, 0.25) is 0 Å². The fourth-order valence-electron chi connectivity index (χ4n) is 7.93. The number of nitrogens with one attached hydrogen (secondary N) is 4. The normalized spacial score (nSPS) is 14.5. The topological polar surface area (TPSA) is 300 Å². The van der Waals surface area contributed by atoms with Gasteiger partial charge in [0.05, 0.1) is 43.5 Å². The molecule has 22 nitrogen and oxygen atoms in total. The number of pyridine rings is 4. The summed E-state index contributed by atoms with van der Waals surface area (Å²) in [6.45, 7) is 3.29. The number of hydrogen-bond donors (Lipinski definition) is 5. The van der Waals surface area contributed by atoms with Gasteiger partial charge in [-0.3, -0.25) is 43.8 Å². The summed E-state index contributed by atoms with van der Waals surface area (Å²) in [7, 11) is -0.972. The molecule has 5 N–H and O–H groups in total. The third-order valence-corrected chi connectivity index (χ3v) is 15.7. The number of carbonyl (C=O) groups is 6. The zero-order valence-corrected chi connectivity index (χ0v) is 45.3. The van der Waals surface area contributed by atoms with E-state index in [2.05, 4.69) is 52.3 Å². The van der Waals surface area contributed by atoms with Crippen LogP contribution in [0.5, 0.6) is 5.88 Å². The van der Waals surface area contributed by atoms with Gasteiger partial charge in [0.2, 0.25) is 23.6 Å². The number of likely N-dealkylation sites (tertiary alicyclic amines) is 1. The van der Waals surface area contributed by atoms with Crippen molar-refractivity contribution < 1.29 is 74.1 Å². The van der Waals surface area contributed by atoms with Crippen LogP contribution >= 0.6 is 21.6 Å². The minimum atomic E-state index is -4.53. The number of aliphatic carboxylic acids is 1. The highest BCUT2D eigenvalue weighted by atomic mass is 33.1. The average Bonchev–Trinajstić information content (AvgIpc) is 3.80. The third kappa shape index (κ3) is 16.3. The predicted molar refractivity (Wildman–Crippen MR) is 289 cm³/mol. The van der Waals surface area contributed by atoms with Crippen LogP contribution < -0.4 is 25.4 Å². The third-order valence-electron chi connectivity index (χ3n) is 11.9. The summed E-state index contributed by atoms with van der Waals surface area (Å²) in [5, 5.41) is 17.8. The van der Waals surface area contributed by atoms with Crippen LogP contribution in [0.1, 0.15) is 47.9 Å². The minimum absolute atomic E-state index is 0.0675. The van der Waals surface area contributed by atoms with Gasteiger partial charge in [-0.1, -0.05) is 33.7 Å². The lowest BCUT2D eigenvalue weighted by Gasteiger charge is -2.24. The fourth-order valence-corrected chi connectivity index (χ4v) is 11.0. The van der Waals surface area contributed by atoms with Gasteiger partial charge in [0.1, 0.15) is 53.7 Å². The molecule has 0 saturated carbocycles. The van der Waals surface area contributed by atoms with E-state index < -0.39 is 99.4 Å². The maximum absolute atomic E-state index is 14.5. The highest BCUT2D eigenvalue weighted by Gasteiger charge is 2.47. The molecule has 1 fully saturated rings. The van der Waals surface area contributed by atoms with Crippen molar-refractivity contribution in [3.63, 3.8) is 0 Å². The number of rotatable bonds is 25. The maximum Gasteiger partial charge on any atom is 0.508 e. The number of hydrogen-bond acceptors (Lipinski definition) is 18. The Kier molecular flexibility index (Phi) is 20.2. The highest BCUT2D eigenvalue weighted by Crippen LogP contribution is 2.36. The summed E-state index contributed by atoms with van der Waals surface area (Å²) in [5.74, 6) is -9.35. The van der Waals surface area contributed by atoms with E-state index in [1.807, 2.05) is 6.07 Å². The van der Waals surface area contributed by atoms with Gasteiger partial charge in [-0.2, -0.15) is 0 Å².